The van der Waals surface area contributed by atoms with E-state index in [1.54, 1.807) is 18.2 Å². The van der Waals surface area contributed by atoms with Gasteiger partial charge in [-0.25, -0.2) is 0 Å². The number of hydrogen-bond acceptors (Lipinski definition) is 5. The molecular formula is C26H31N5O2S. The fraction of sp³-hybridized carbons (Fsp3) is 0.308. The van der Waals surface area contributed by atoms with E-state index in [-0.39, 0.29) is 29.5 Å². The molecule has 0 bridgehead atoms. The lowest BCUT2D eigenvalue weighted by Crippen LogP contribution is -2.33. The number of anilines is 1. The Labute approximate surface area is 205 Å². The average Bonchev–Trinajstić information content (AvgIpc) is 3.24. The highest BCUT2D eigenvalue weighted by Gasteiger charge is 2.26. The van der Waals surface area contributed by atoms with Gasteiger partial charge >= 0.3 is 0 Å². The van der Waals surface area contributed by atoms with E-state index in [0.29, 0.717) is 23.1 Å². The lowest BCUT2D eigenvalue weighted by molar-refractivity contribution is -0.113. The lowest BCUT2D eigenvalue weighted by atomic mass is 10.0. The van der Waals surface area contributed by atoms with Crippen molar-refractivity contribution in [1.82, 2.24) is 20.1 Å². The molecule has 2 amide bonds. The van der Waals surface area contributed by atoms with E-state index in [1.807, 2.05) is 60.9 Å². The fourth-order valence-corrected chi connectivity index (χ4v) is 4.19. The highest BCUT2D eigenvalue weighted by atomic mass is 32.2. The minimum absolute atomic E-state index is 0.0765. The molecule has 1 aromatic heterocycles. The molecule has 2 aromatic carbocycles. The van der Waals surface area contributed by atoms with E-state index in [1.165, 1.54) is 17.3 Å². The van der Waals surface area contributed by atoms with Crippen LogP contribution in [0.4, 0.5) is 5.69 Å². The Hall–Kier alpha value is -3.39. The van der Waals surface area contributed by atoms with Crippen LogP contribution in [0.25, 0.3) is 0 Å². The molecule has 178 valence electrons. The van der Waals surface area contributed by atoms with Crippen molar-refractivity contribution in [2.24, 2.45) is 5.92 Å². The summed E-state index contributed by atoms with van der Waals surface area (Å²) in [5, 5.41) is 15.3. The fourth-order valence-electron chi connectivity index (χ4n) is 3.43. The molecule has 7 nitrogen and oxygen atoms in total. The van der Waals surface area contributed by atoms with Crippen LogP contribution in [0.5, 0.6) is 0 Å². The monoisotopic (exact) mass is 477 g/mol. The second-order valence-corrected chi connectivity index (χ2v) is 9.13. The molecule has 1 heterocycles. The van der Waals surface area contributed by atoms with Crippen LogP contribution in [0, 0.1) is 5.92 Å². The quantitative estimate of drug-likeness (QED) is 0.303. The summed E-state index contributed by atoms with van der Waals surface area (Å²) < 4.78 is 1.90. The van der Waals surface area contributed by atoms with Gasteiger partial charge in [0.15, 0.2) is 11.0 Å². The average molecular weight is 478 g/mol. The summed E-state index contributed by atoms with van der Waals surface area (Å²) in [4.78, 5) is 25.3. The zero-order valence-corrected chi connectivity index (χ0v) is 20.6. The summed E-state index contributed by atoms with van der Waals surface area (Å²) in [7, 11) is 0. The van der Waals surface area contributed by atoms with Crippen LogP contribution in [0.3, 0.4) is 0 Å². The van der Waals surface area contributed by atoms with E-state index in [2.05, 4.69) is 34.3 Å². The molecule has 0 aliphatic carbocycles. The van der Waals surface area contributed by atoms with Gasteiger partial charge in [-0.1, -0.05) is 68.9 Å². The van der Waals surface area contributed by atoms with Crippen LogP contribution in [0.2, 0.25) is 0 Å². The molecule has 0 unspecified atom stereocenters. The number of rotatable bonds is 11. The zero-order chi connectivity index (χ0) is 24.5. The highest BCUT2D eigenvalue weighted by Crippen LogP contribution is 2.26. The lowest BCUT2D eigenvalue weighted by Gasteiger charge is -2.22. The highest BCUT2D eigenvalue weighted by molar-refractivity contribution is 7.99. The van der Waals surface area contributed by atoms with Gasteiger partial charge in [0.2, 0.25) is 5.91 Å². The first kappa shape index (κ1) is 25.2. The molecule has 8 heteroatoms. The normalized spacial score (nSPS) is 11.8. The SMILES string of the molecule is C=CCn1c(SCC(=O)Nc2ccc(CC)cc2)nnc1[C@@H](NC(=O)c1ccccc1)C(C)C. The van der Waals surface area contributed by atoms with Crippen molar-refractivity contribution < 1.29 is 9.59 Å². The number of benzene rings is 2. The second kappa shape index (κ2) is 12.2. The van der Waals surface area contributed by atoms with E-state index in [4.69, 9.17) is 0 Å². The van der Waals surface area contributed by atoms with Gasteiger partial charge in [-0.15, -0.1) is 16.8 Å². The summed E-state index contributed by atoms with van der Waals surface area (Å²) in [5.41, 5.74) is 2.57. The van der Waals surface area contributed by atoms with Gasteiger partial charge in [0, 0.05) is 17.8 Å². The van der Waals surface area contributed by atoms with Crippen molar-refractivity contribution in [3.63, 3.8) is 0 Å². The smallest absolute Gasteiger partial charge is 0.251 e. The number of aryl methyl sites for hydroxylation is 1. The topological polar surface area (TPSA) is 88.9 Å². The van der Waals surface area contributed by atoms with Crippen LogP contribution < -0.4 is 10.6 Å². The van der Waals surface area contributed by atoms with Crippen molar-refractivity contribution >= 4 is 29.3 Å². The van der Waals surface area contributed by atoms with Crippen LogP contribution in [-0.4, -0.2) is 32.3 Å². The first-order valence-electron chi connectivity index (χ1n) is 11.3. The minimum atomic E-state index is -0.347. The molecule has 0 aliphatic heterocycles. The number of allylic oxidation sites excluding steroid dienone is 1. The zero-order valence-electron chi connectivity index (χ0n) is 19.8. The summed E-state index contributed by atoms with van der Waals surface area (Å²) in [6.45, 7) is 10.4. The first-order chi connectivity index (χ1) is 16.4. The van der Waals surface area contributed by atoms with E-state index >= 15 is 0 Å². The largest absolute Gasteiger partial charge is 0.342 e. The van der Waals surface area contributed by atoms with Crippen molar-refractivity contribution in [2.45, 2.75) is 44.9 Å². The third kappa shape index (κ3) is 6.57. The van der Waals surface area contributed by atoms with E-state index in [9.17, 15) is 9.59 Å². The number of amides is 2. The van der Waals surface area contributed by atoms with Gasteiger partial charge in [0.25, 0.3) is 5.91 Å². The summed E-state index contributed by atoms with van der Waals surface area (Å²) in [6.07, 6.45) is 2.71. The van der Waals surface area contributed by atoms with Crippen LogP contribution in [0.15, 0.2) is 72.4 Å². The van der Waals surface area contributed by atoms with Crippen molar-refractivity contribution in [3.8, 4) is 0 Å². The van der Waals surface area contributed by atoms with Gasteiger partial charge in [-0.3, -0.25) is 9.59 Å². The maximum Gasteiger partial charge on any atom is 0.251 e. The Kier molecular flexibility index (Phi) is 9.04. The van der Waals surface area contributed by atoms with Crippen molar-refractivity contribution in [1.29, 1.82) is 0 Å². The summed E-state index contributed by atoms with van der Waals surface area (Å²) >= 11 is 1.30. The molecule has 0 saturated carbocycles. The molecule has 0 radical (unpaired) electrons. The van der Waals surface area contributed by atoms with Gasteiger partial charge in [-0.2, -0.15) is 0 Å². The number of carbonyl (C=O) groups is 2. The summed E-state index contributed by atoms with van der Waals surface area (Å²) in [5.74, 6) is 0.606. The van der Waals surface area contributed by atoms with Crippen LogP contribution in [-0.2, 0) is 17.8 Å². The van der Waals surface area contributed by atoms with Crippen LogP contribution >= 0.6 is 11.8 Å². The molecule has 1 atom stereocenters. The minimum Gasteiger partial charge on any atom is -0.342 e. The molecule has 3 aromatic rings. The van der Waals surface area contributed by atoms with Crippen LogP contribution in [0.1, 0.15) is 48.6 Å². The van der Waals surface area contributed by atoms with Gasteiger partial charge in [0.05, 0.1) is 11.8 Å². The predicted octanol–water partition coefficient (Wildman–Crippen LogP) is 4.88. The van der Waals surface area contributed by atoms with Crippen molar-refractivity contribution in [2.75, 3.05) is 11.1 Å². The molecule has 0 fully saturated rings. The molecule has 3 rings (SSSR count). The predicted molar refractivity (Wildman–Crippen MR) is 137 cm³/mol. The summed E-state index contributed by atoms with van der Waals surface area (Å²) in [6, 6.07) is 16.6. The Balaban J connectivity index is 1.72. The van der Waals surface area contributed by atoms with E-state index in [0.717, 1.165) is 12.1 Å². The van der Waals surface area contributed by atoms with Gasteiger partial charge in [0.1, 0.15) is 0 Å². The van der Waals surface area contributed by atoms with Gasteiger partial charge in [-0.05, 0) is 42.2 Å². The van der Waals surface area contributed by atoms with E-state index < -0.39 is 0 Å². The molecule has 34 heavy (non-hydrogen) atoms. The number of nitrogens with one attached hydrogen (secondary N) is 2. The third-order valence-corrected chi connectivity index (χ3v) is 6.27. The Morgan fingerprint density at radius 3 is 2.41 bits per heavy atom. The van der Waals surface area contributed by atoms with Gasteiger partial charge < -0.3 is 15.2 Å². The number of carbonyl (C=O) groups excluding carboxylic acids is 2. The molecule has 0 saturated heterocycles. The molecule has 2 N–H and O–H groups in total. The second-order valence-electron chi connectivity index (χ2n) is 8.19. The Bertz CT molecular complexity index is 1110. The molecular weight excluding hydrogens is 446 g/mol. The molecule has 0 aliphatic rings. The Morgan fingerprint density at radius 1 is 1.09 bits per heavy atom. The standard InChI is InChI=1S/C26H31N5O2S/c1-5-16-31-24(23(18(3)4)28-25(33)20-10-8-7-9-11-20)29-30-26(31)34-17-22(32)27-21-14-12-19(6-2)13-15-21/h5,7-15,18,23H,1,6,16-17H2,2-4H3,(H,27,32)(H,28,33)/t23-/m0/s1. The maximum absolute atomic E-state index is 12.8. The number of nitrogens with zero attached hydrogens (tertiary/aromatic N) is 3. The maximum atomic E-state index is 12.8. The number of hydrogen-bond donors (Lipinski definition) is 2. The Morgan fingerprint density at radius 2 is 1.79 bits per heavy atom. The third-order valence-electron chi connectivity index (χ3n) is 5.30. The van der Waals surface area contributed by atoms with Crippen molar-refractivity contribution in [3.05, 3.63) is 84.2 Å². The number of thioether (sulfide) groups is 1. The molecule has 0 spiro atoms. The number of aromatic nitrogens is 3. The first-order valence-corrected chi connectivity index (χ1v) is 12.3.